The molecule has 0 aromatic carbocycles. The number of hydrogen-bond acceptors (Lipinski definition) is 3. The van der Waals surface area contributed by atoms with E-state index in [2.05, 4.69) is 37.7 Å². The summed E-state index contributed by atoms with van der Waals surface area (Å²) in [5.74, 6) is 0.662. The third kappa shape index (κ3) is 3.95. The van der Waals surface area contributed by atoms with E-state index in [9.17, 15) is 0 Å². The minimum atomic E-state index is 0.640. The Morgan fingerprint density at radius 3 is 2.71 bits per heavy atom. The summed E-state index contributed by atoms with van der Waals surface area (Å²) in [5.41, 5.74) is 0. The van der Waals surface area contributed by atoms with Crippen LogP contribution in [0.15, 0.2) is 0 Å². The van der Waals surface area contributed by atoms with E-state index >= 15 is 0 Å². The molecule has 1 atom stereocenters. The van der Waals surface area contributed by atoms with E-state index in [0.29, 0.717) is 12.0 Å². The SMILES string of the molecule is CC(C)N1CCOCC(CN(C)C)C1. The second-order valence-electron chi connectivity index (χ2n) is 4.79. The van der Waals surface area contributed by atoms with Gasteiger partial charge in [-0.05, 0) is 27.9 Å². The zero-order valence-electron chi connectivity index (χ0n) is 9.99. The van der Waals surface area contributed by atoms with Crippen LogP contribution in [0.2, 0.25) is 0 Å². The summed E-state index contributed by atoms with van der Waals surface area (Å²) in [6.45, 7) is 9.72. The molecule has 3 heteroatoms. The fourth-order valence-corrected chi connectivity index (χ4v) is 2.00. The number of ether oxygens (including phenoxy) is 1. The van der Waals surface area contributed by atoms with Gasteiger partial charge in [0.1, 0.15) is 0 Å². The van der Waals surface area contributed by atoms with E-state index in [1.807, 2.05) is 0 Å². The third-order valence-corrected chi connectivity index (χ3v) is 2.72. The van der Waals surface area contributed by atoms with Gasteiger partial charge in [-0.25, -0.2) is 0 Å². The molecule has 1 unspecified atom stereocenters. The third-order valence-electron chi connectivity index (χ3n) is 2.72. The lowest BCUT2D eigenvalue weighted by molar-refractivity contribution is 0.112. The fourth-order valence-electron chi connectivity index (χ4n) is 2.00. The average molecular weight is 200 g/mol. The van der Waals surface area contributed by atoms with Crippen molar-refractivity contribution in [2.45, 2.75) is 19.9 Å². The smallest absolute Gasteiger partial charge is 0.0593 e. The van der Waals surface area contributed by atoms with Gasteiger partial charge in [0.25, 0.3) is 0 Å². The summed E-state index contributed by atoms with van der Waals surface area (Å²) in [5, 5.41) is 0. The Balaban J connectivity index is 2.43. The van der Waals surface area contributed by atoms with Gasteiger partial charge >= 0.3 is 0 Å². The molecule has 84 valence electrons. The molecule has 0 bridgehead atoms. The number of hydrogen-bond donors (Lipinski definition) is 0. The maximum absolute atomic E-state index is 5.62. The van der Waals surface area contributed by atoms with Crippen LogP contribution >= 0.6 is 0 Å². The average Bonchev–Trinajstić information content (AvgIpc) is 2.28. The Morgan fingerprint density at radius 1 is 1.43 bits per heavy atom. The van der Waals surface area contributed by atoms with Gasteiger partial charge in [0, 0.05) is 31.6 Å². The van der Waals surface area contributed by atoms with Gasteiger partial charge in [0.2, 0.25) is 0 Å². The van der Waals surface area contributed by atoms with Crippen LogP contribution in [0.3, 0.4) is 0 Å². The number of nitrogens with zero attached hydrogens (tertiary/aromatic N) is 2. The van der Waals surface area contributed by atoms with Gasteiger partial charge in [-0.1, -0.05) is 0 Å². The van der Waals surface area contributed by atoms with Crippen LogP contribution in [-0.2, 0) is 4.74 Å². The molecular weight excluding hydrogens is 176 g/mol. The molecule has 0 amide bonds. The highest BCUT2D eigenvalue weighted by molar-refractivity contribution is 4.73. The van der Waals surface area contributed by atoms with Gasteiger partial charge in [-0.2, -0.15) is 0 Å². The molecule has 0 saturated carbocycles. The maximum Gasteiger partial charge on any atom is 0.0593 e. The maximum atomic E-state index is 5.62. The topological polar surface area (TPSA) is 15.7 Å². The first kappa shape index (κ1) is 12.0. The first-order valence-corrected chi connectivity index (χ1v) is 5.56. The quantitative estimate of drug-likeness (QED) is 0.673. The first-order chi connectivity index (χ1) is 6.59. The largest absolute Gasteiger partial charge is 0.380 e. The minimum absolute atomic E-state index is 0.640. The molecular formula is C11H24N2O. The van der Waals surface area contributed by atoms with Crippen molar-refractivity contribution in [3.63, 3.8) is 0 Å². The van der Waals surface area contributed by atoms with E-state index in [0.717, 1.165) is 26.3 Å². The molecule has 1 fully saturated rings. The highest BCUT2D eigenvalue weighted by Gasteiger charge is 2.20. The molecule has 0 radical (unpaired) electrons. The molecule has 1 saturated heterocycles. The molecule has 0 aromatic heterocycles. The van der Waals surface area contributed by atoms with Crippen molar-refractivity contribution in [2.75, 3.05) is 46.9 Å². The molecule has 1 aliphatic heterocycles. The summed E-state index contributed by atoms with van der Waals surface area (Å²) >= 11 is 0. The zero-order chi connectivity index (χ0) is 10.6. The Hall–Kier alpha value is -0.120. The summed E-state index contributed by atoms with van der Waals surface area (Å²) < 4.78 is 5.62. The molecule has 14 heavy (non-hydrogen) atoms. The molecule has 0 N–H and O–H groups in total. The second-order valence-corrected chi connectivity index (χ2v) is 4.79. The van der Waals surface area contributed by atoms with Crippen molar-refractivity contribution in [1.82, 2.24) is 9.80 Å². The number of rotatable bonds is 3. The Bertz CT molecular complexity index is 159. The summed E-state index contributed by atoms with van der Waals surface area (Å²) in [4.78, 5) is 4.76. The Kier molecular flexibility index (Phi) is 4.85. The second kappa shape index (κ2) is 5.69. The van der Waals surface area contributed by atoms with E-state index in [-0.39, 0.29) is 0 Å². The highest BCUT2D eigenvalue weighted by Crippen LogP contribution is 2.10. The van der Waals surface area contributed by atoms with Gasteiger partial charge in [-0.15, -0.1) is 0 Å². The zero-order valence-corrected chi connectivity index (χ0v) is 9.99. The molecule has 0 spiro atoms. The van der Waals surface area contributed by atoms with Crippen LogP contribution in [0, 0.1) is 5.92 Å². The summed E-state index contributed by atoms with van der Waals surface area (Å²) in [6.07, 6.45) is 0. The molecule has 0 aliphatic carbocycles. The van der Waals surface area contributed by atoms with E-state index < -0.39 is 0 Å². The van der Waals surface area contributed by atoms with E-state index in [1.54, 1.807) is 0 Å². The van der Waals surface area contributed by atoms with Crippen LogP contribution in [0.1, 0.15) is 13.8 Å². The van der Waals surface area contributed by atoms with E-state index in [1.165, 1.54) is 6.54 Å². The first-order valence-electron chi connectivity index (χ1n) is 5.56. The lowest BCUT2D eigenvalue weighted by atomic mass is 10.1. The van der Waals surface area contributed by atoms with Crippen molar-refractivity contribution >= 4 is 0 Å². The summed E-state index contributed by atoms with van der Waals surface area (Å²) in [7, 11) is 4.26. The van der Waals surface area contributed by atoms with Crippen LogP contribution in [-0.4, -0.2) is 62.8 Å². The molecule has 1 rings (SSSR count). The van der Waals surface area contributed by atoms with Crippen LogP contribution < -0.4 is 0 Å². The van der Waals surface area contributed by atoms with Gasteiger partial charge < -0.3 is 9.64 Å². The van der Waals surface area contributed by atoms with Crippen molar-refractivity contribution in [2.24, 2.45) is 5.92 Å². The normalized spacial score (nSPS) is 25.7. The Labute approximate surface area is 88.0 Å². The highest BCUT2D eigenvalue weighted by atomic mass is 16.5. The Morgan fingerprint density at radius 2 is 2.14 bits per heavy atom. The molecule has 3 nitrogen and oxygen atoms in total. The van der Waals surface area contributed by atoms with Gasteiger partial charge in [-0.3, -0.25) is 4.90 Å². The minimum Gasteiger partial charge on any atom is -0.380 e. The van der Waals surface area contributed by atoms with Crippen molar-refractivity contribution in [3.8, 4) is 0 Å². The van der Waals surface area contributed by atoms with Gasteiger partial charge in [0.05, 0.1) is 13.2 Å². The molecule has 1 heterocycles. The van der Waals surface area contributed by atoms with E-state index in [4.69, 9.17) is 4.74 Å². The monoisotopic (exact) mass is 200 g/mol. The predicted octanol–water partition coefficient (Wildman–Crippen LogP) is 0.905. The predicted molar refractivity (Wildman–Crippen MR) is 59.6 cm³/mol. The van der Waals surface area contributed by atoms with Crippen LogP contribution in [0.5, 0.6) is 0 Å². The van der Waals surface area contributed by atoms with Crippen molar-refractivity contribution < 1.29 is 4.74 Å². The van der Waals surface area contributed by atoms with Crippen LogP contribution in [0.4, 0.5) is 0 Å². The molecule has 1 aliphatic rings. The van der Waals surface area contributed by atoms with Crippen molar-refractivity contribution in [3.05, 3.63) is 0 Å². The lowest BCUT2D eigenvalue weighted by Gasteiger charge is -2.28. The van der Waals surface area contributed by atoms with Crippen LogP contribution in [0.25, 0.3) is 0 Å². The summed E-state index contributed by atoms with van der Waals surface area (Å²) in [6, 6.07) is 0.640. The molecule has 0 aromatic rings. The standard InChI is InChI=1S/C11H24N2O/c1-10(2)13-5-6-14-9-11(8-13)7-12(3)4/h10-11H,5-9H2,1-4H3. The van der Waals surface area contributed by atoms with Crippen molar-refractivity contribution in [1.29, 1.82) is 0 Å². The van der Waals surface area contributed by atoms with Gasteiger partial charge in [0.15, 0.2) is 0 Å². The fraction of sp³-hybridized carbons (Fsp3) is 1.00. The lowest BCUT2D eigenvalue weighted by Crippen LogP contribution is -2.38.